The van der Waals surface area contributed by atoms with Crippen molar-refractivity contribution in [2.45, 2.75) is 18.8 Å². The minimum atomic E-state index is -2.58. The maximum atomic E-state index is 11.5. The molecule has 1 amide bonds. The Kier molecular flexibility index (Phi) is 1.88. The number of rotatable bonds is 5. The molecule has 5 heteroatoms. The topological polar surface area (TPSA) is 57.4 Å². The van der Waals surface area contributed by atoms with E-state index in [2.05, 4.69) is 4.74 Å². The number of likely N-dealkylation sites (N-methyl/N-ethyl adjacent to an activating group) is 1. The Morgan fingerprint density at radius 2 is 2.43 bits per heavy atom. The van der Waals surface area contributed by atoms with Gasteiger partial charge in [0.05, 0.1) is 7.39 Å². The van der Waals surface area contributed by atoms with Crippen molar-refractivity contribution in [3.63, 3.8) is 0 Å². The van der Waals surface area contributed by atoms with E-state index >= 15 is 0 Å². The lowest BCUT2D eigenvalue weighted by Crippen LogP contribution is -2.28. The number of aromatic amines is 1. The summed E-state index contributed by atoms with van der Waals surface area (Å²) in [4.78, 5) is 13.5. The summed E-state index contributed by atoms with van der Waals surface area (Å²) in [5, 5.41) is 0.213. The van der Waals surface area contributed by atoms with E-state index in [9.17, 15) is 4.79 Å². The number of H-pyrrole nitrogens is 1. The molecule has 2 aromatic rings. The number of nitrogens with zero attached hydrogens (tertiary/aromatic N) is 1. The van der Waals surface area contributed by atoms with Crippen LogP contribution in [0.3, 0.4) is 0 Å². The molecule has 0 spiro atoms. The molecule has 2 N–H and O–H groups in total. The molecule has 0 aliphatic carbocycles. The highest BCUT2D eigenvalue weighted by molar-refractivity contribution is 5.84. The van der Waals surface area contributed by atoms with Crippen molar-refractivity contribution in [1.29, 1.82) is 0 Å². The lowest BCUT2D eigenvalue weighted by molar-refractivity contribution is 0.177. The van der Waals surface area contributed by atoms with Gasteiger partial charge in [-0.05, 0) is 50.1 Å². The molecule has 0 radical (unpaired) electrons. The van der Waals surface area contributed by atoms with Gasteiger partial charge in [-0.2, -0.15) is 0 Å². The van der Waals surface area contributed by atoms with Gasteiger partial charge < -0.3 is 19.9 Å². The van der Waals surface area contributed by atoms with Gasteiger partial charge >= 0.3 is 6.09 Å². The fraction of sp³-hybridized carbons (Fsp3) is 0.438. The second-order valence-corrected chi connectivity index (χ2v) is 4.77. The maximum absolute atomic E-state index is 11.5. The number of nitrogens with one attached hydrogen (secondary N) is 2. The molecule has 1 saturated heterocycles. The lowest BCUT2D eigenvalue weighted by atomic mass is 10.0. The van der Waals surface area contributed by atoms with Crippen LogP contribution < -0.4 is 5.31 Å². The third-order valence-electron chi connectivity index (χ3n) is 2.88. The zero-order valence-corrected chi connectivity index (χ0v) is 11.7. The van der Waals surface area contributed by atoms with E-state index in [4.69, 9.17) is 12.4 Å². The molecular weight excluding hydrogens is 266 g/mol. The number of alkyl carbamates (subject to hydrolysis) is 1. The number of hydrogen-bond donors (Lipinski definition) is 2. The van der Waals surface area contributed by atoms with Crippen LogP contribution in [-0.2, 0) is 17.5 Å². The van der Waals surface area contributed by atoms with Gasteiger partial charge in [0.1, 0.15) is 6.61 Å². The molecule has 2 heterocycles. The number of carbonyl (C=O) groups is 1. The van der Waals surface area contributed by atoms with Crippen LogP contribution in [0.2, 0.25) is 2.82 Å². The number of ether oxygens (including phenoxy) is 1. The van der Waals surface area contributed by atoms with Crippen molar-refractivity contribution in [3.8, 4) is 0 Å². The van der Waals surface area contributed by atoms with Crippen molar-refractivity contribution in [1.82, 2.24) is 15.2 Å². The van der Waals surface area contributed by atoms with E-state index in [1.807, 2.05) is 0 Å². The van der Waals surface area contributed by atoms with Crippen molar-refractivity contribution in [2.75, 3.05) is 27.2 Å². The van der Waals surface area contributed by atoms with Crippen LogP contribution in [0, 0.1) is 0 Å². The van der Waals surface area contributed by atoms with Gasteiger partial charge in [0, 0.05) is 31.8 Å². The highest BCUT2D eigenvalue weighted by atomic mass is 16.6. The fourth-order valence-corrected chi connectivity index (χ4v) is 1.95. The average molecular weight is 296 g/mol. The van der Waals surface area contributed by atoms with Crippen LogP contribution in [0.1, 0.15) is 20.7 Å². The largest absolute Gasteiger partial charge is 0.447 e. The second kappa shape index (κ2) is 5.77. The number of amides is 1. The summed E-state index contributed by atoms with van der Waals surface area (Å²) in [6.45, 7) is -3.12. The summed E-state index contributed by atoms with van der Waals surface area (Å²) in [5.41, 5.74) is -0.0814. The Morgan fingerprint density at radius 3 is 3.14 bits per heavy atom. The molecular formula is C16H21N3O2. The summed E-state index contributed by atoms with van der Waals surface area (Å²) < 4.78 is 78.7. The predicted octanol–water partition coefficient (Wildman–Crippen LogP) is 1.92. The highest BCUT2D eigenvalue weighted by Gasteiger charge is 2.22. The smallest absolute Gasteiger partial charge is 0.407 e. The quantitative estimate of drug-likeness (QED) is 0.886. The molecule has 1 aromatic carbocycles. The molecule has 112 valence electrons. The van der Waals surface area contributed by atoms with E-state index in [0.29, 0.717) is 0 Å². The van der Waals surface area contributed by atoms with E-state index in [-0.39, 0.29) is 27.3 Å². The summed E-state index contributed by atoms with van der Waals surface area (Å²) in [7, 11) is 2.76. The molecule has 1 aliphatic rings. The first kappa shape index (κ1) is 6.83. The van der Waals surface area contributed by atoms with Gasteiger partial charge in [-0.1, -0.05) is 6.07 Å². The van der Waals surface area contributed by atoms with Crippen molar-refractivity contribution < 1.29 is 22.0 Å². The molecule has 1 aliphatic heterocycles. The summed E-state index contributed by atoms with van der Waals surface area (Å²) in [6.07, 6.45) is -5.17. The first-order chi connectivity index (χ1) is 13.6. The number of hydrogen-bond acceptors (Lipinski definition) is 3. The Labute approximate surface area is 137 Å². The lowest BCUT2D eigenvalue weighted by Gasteiger charge is -2.09. The number of cyclic esters (lactones) is 1. The third-order valence-corrected chi connectivity index (χ3v) is 2.88. The number of carbonyl (C=O) groups excluding carboxylic acids is 1. The van der Waals surface area contributed by atoms with Crippen LogP contribution in [0.5, 0.6) is 0 Å². The Hall–Kier alpha value is -2.01. The summed E-state index contributed by atoms with van der Waals surface area (Å²) in [5.74, 6) is 0. The summed E-state index contributed by atoms with van der Waals surface area (Å²) in [6, 6.07) is 1.50. The van der Waals surface area contributed by atoms with E-state index < -0.39 is 38.0 Å². The third kappa shape index (κ3) is 3.19. The zero-order valence-electron chi connectivity index (χ0n) is 20.7. The first-order valence-corrected chi connectivity index (χ1v) is 6.37. The fourth-order valence-electron chi connectivity index (χ4n) is 1.95. The Morgan fingerprint density at radius 1 is 1.57 bits per heavy atom. The SMILES string of the molecule is [2H]N1C(=O)OC[C@]1([2H])C([2H])([2H])c1ccc2c(c1)c(C([2H])([2H])C([2H])([2H])N(C)C)cn2[2H]. The molecule has 0 bridgehead atoms. The average Bonchev–Trinajstić information content (AvgIpc) is 3.14. The number of fused-ring (bicyclic) bond motifs is 1. The van der Waals surface area contributed by atoms with Crippen LogP contribution in [0.15, 0.2) is 24.4 Å². The van der Waals surface area contributed by atoms with Crippen LogP contribution in [-0.4, -0.2) is 49.2 Å². The van der Waals surface area contributed by atoms with Crippen molar-refractivity contribution >= 4 is 17.0 Å². The molecule has 3 rings (SSSR count). The van der Waals surface area contributed by atoms with Gasteiger partial charge in [-0.15, -0.1) is 0 Å². The predicted molar refractivity (Wildman–Crippen MR) is 82.5 cm³/mol. The molecule has 1 fully saturated rings. The second-order valence-electron chi connectivity index (χ2n) is 4.77. The molecule has 1 atom stereocenters. The van der Waals surface area contributed by atoms with E-state index in [1.165, 1.54) is 32.3 Å². The minimum Gasteiger partial charge on any atom is -0.447 e. The van der Waals surface area contributed by atoms with E-state index in [1.54, 1.807) is 0 Å². The van der Waals surface area contributed by atoms with Gasteiger partial charge in [-0.25, -0.2) is 4.79 Å². The molecule has 1 aromatic heterocycles. The molecule has 21 heavy (non-hydrogen) atoms. The van der Waals surface area contributed by atoms with Gasteiger partial charge in [0.2, 0.25) is 0 Å². The zero-order chi connectivity index (χ0) is 22.9. The normalized spacial score (nSPS) is 30.5. The standard InChI is InChI=1S/C16H21N3O2/c1-19(2)6-5-12-9-17-15-4-3-11(8-14(12)15)7-13-10-21-16(20)18-13/h3-4,8-9,13,17H,5-7,10H2,1-2H3,(H,18,20)/t13-/m0/s1/i5D2,6D2,7D2,13D/hD2. The molecule has 0 unspecified atom stereocenters. The summed E-state index contributed by atoms with van der Waals surface area (Å²) >= 11 is 0. The van der Waals surface area contributed by atoms with Crippen molar-refractivity contribution in [2.24, 2.45) is 0 Å². The van der Waals surface area contributed by atoms with Gasteiger partial charge in [-0.3, -0.25) is 0 Å². The van der Waals surface area contributed by atoms with Crippen LogP contribution >= 0.6 is 0 Å². The Bertz CT molecular complexity index is 1010. The van der Waals surface area contributed by atoms with E-state index in [0.717, 1.165) is 16.1 Å². The number of benzene rings is 1. The molecule has 5 nitrogen and oxygen atoms in total. The van der Waals surface area contributed by atoms with Gasteiger partial charge in [0.15, 0.2) is 2.82 Å². The molecule has 0 saturated carbocycles. The number of aryl methyl sites for hydroxylation is 1. The Balaban J connectivity index is 2.20. The number of aromatic nitrogens is 1. The maximum Gasteiger partial charge on any atom is 0.407 e. The minimum absolute atomic E-state index is 0.0903. The first-order valence-electron chi connectivity index (χ1n) is 10.8. The van der Waals surface area contributed by atoms with Gasteiger partial charge in [0.25, 0.3) is 0 Å². The van der Waals surface area contributed by atoms with Crippen molar-refractivity contribution in [3.05, 3.63) is 35.5 Å². The highest BCUT2D eigenvalue weighted by Crippen LogP contribution is 2.21. The van der Waals surface area contributed by atoms with Crippen LogP contribution in [0.4, 0.5) is 4.79 Å². The monoisotopic (exact) mass is 296 g/mol. The van der Waals surface area contributed by atoms with Crippen LogP contribution in [0.25, 0.3) is 10.9 Å².